The van der Waals surface area contributed by atoms with Crippen LogP contribution in [0.2, 0.25) is 0 Å². The summed E-state index contributed by atoms with van der Waals surface area (Å²) in [5, 5.41) is 30.7. The van der Waals surface area contributed by atoms with Gasteiger partial charge in [-0.05, 0) is 62.5 Å². The highest BCUT2D eigenvalue weighted by Crippen LogP contribution is 2.36. The van der Waals surface area contributed by atoms with Crippen LogP contribution in [0.5, 0.6) is 5.88 Å². The number of anilines is 1. The lowest BCUT2D eigenvalue weighted by Crippen LogP contribution is -2.68. The van der Waals surface area contributed by atoms with E-state index >= 15 is 0 Å². The second-order valence-corrected chi connectivity index (χ2v) is 11.0. The van der Waals surface area contributed by atoms with Gasteiger partial charge in [-0.1, -0.05) is 6.07 Å². The van der Waals surface area contributed by atoms with E-state index in [9.17, 15) is 10.4 Å². The van der Waals surface area contributed by atoms with Gasteiger partial charge >= 0.3 is 0 Å². The zero-order chi connectivity index (χ0) is 27.6. The highest BCUT2D eigenvalue weighted by atomic mass is 16.5. The molecule has 6 rings (SSSR count). The van der Waals surface area contributed by atoms with E-state index in [1.165, 1.54) is 12.0 Å². The molecule has 39 heavy (non-hydrogen) atoms. The molecule has 2 aromatic heterocycles. The van der Waals surface area contributed by atoms with Crippen molar-refractivity contribution in [3.05, 3.63) is 76.9 Å². The molecule has 2 aromatic rings. The van der Waals surface area contributed by atoms with Gasteiger partial charge in [0.1, 0.15) is 11.9 Å². The predicted octanol–water partition coefficient (Wildman–Crippen LogP) is 3.80. The Kier molecular flexibility index (Phi) is 7.51. The molecule has 0 spiro atoms. The minimum atomic E-state index is -0.767. The molecule has 0 saturated carbocycles. The molecule has 3 fully saturated rings. The average Bonchev–Trinajstić information content (AvgIpc) is 2.96. The Balaban J connectivity index is 1.29. The minimum Gasteiger partial charge on any atom is -0.481 e. The van der Waals surface area contributed by atoms with E-state index < -0.39 is 5.60 Å². The van der Waals surface area contributed by atoms with Crippen molar-refractivity contribution in [3.8, 4) is 11.9 Å². The molecule has 6 heterocycles. The number of piperazine rings is 1. The Morgan fingerprint density at radius 1 is 1.23 bits per heavy atom. The van der Waals surface area contributed by atoms with Crippen molar-refractivity contribution in [3.63, 3.8) is 0 Å². The van der Waals surface area contributed by atoms with Crippen LogP contribution in [0.4, 0.5) is 5.82 Å². The van der Waals surface area contributed by atoms with Crippen molar-refractivity contribution < 1.29 is 9.84 Å². The lowest BCUT2D eigenvalue weighted by molar-refractivity contribution is -0.00877. The van der Waals surface area contributed by atoms with Crippen LogP contribution in [-0.2, 0) is 6.54 Å². The number of dihydropyridines is 1. The maximum Gasteiger partial charge on any atom is 0.212 e. The zero-order valence-electron chi connectivity index (χ0n) is 22.7. The summed E-state index contributed by atoms with van der Waals surface area (Å²) >= 11 is 0. The van der Waals surface area contributed by atoms with E-state index in [0.717, 1.165) is 48.4 Å². The summed E-state index contributed by atoms with van der Waals surface area (Å²) in [5.41, 5.74) is 3.99. The van der Waals surface area contributed by atoms with Crippen molar-refractivity contribution in [1.82, 2.24) is 20.2 Å². The molecular weight excluding hydrogens is 490 g/mol. The van der Waals surface area contributed by atoms with Crippen molar-refractivity contribution in [2.75, 3.05) is 25.1 Å². The summed E-state index contributed by atoms with van der Waals surface area (Å²) in [5.74, 6) is 1.58. The van der Waals surface area contributed by atoms with Crippen LogP contribution >= 0.6 is 0 Å². The molecule has 0 aromatic carbocycles. The number of piperidine rings is 1. The molecule has 3 saturated heterocycles. The number of aromatic nitrogens is 2. The van der Waals surface area contributed by atoms with E-state index in [-0.39, 0.29) is 5.57 Å². The summed E-state index contributed by atoms with van der Waals surface area (Å²) in [6.07, 6.45) is 11.2. The molecular formula is C30H35N7O2. The molecule has 9 heteroatoms. The fourth-order valence-electron chi connectivity index (χ4n) is 5.45. The first-order valence-corrected chi connectivity index (χ1v) is 13.3. The Bertz CT molecular complexity index is 1340. The number of pyridine rings is 2. The summed E-state index contributed by atoms with van der Waals surface area (Å²) < 4.78 is 5.17. The molecule has 0 radical (unpaired) electrons. The highest BCUT2D eigenvalue weighted by Gasteiger charge is 2.44. The smallest absolute Gasteiger partial charge is 0.212 e. The van der Waals surface area contributed by atoms with E-state index in [2.05, 4.69) is 32.2 Å². The molecule has 0 aliphatic carbocycles. The Labute approximate surface area is 229 Å². The number of ether oxygens (including phenoxy) is 1. The fraction of sp³-hybridized carbons (Fsp3) is 0.400. The van der Waals surface area contributed by atoms with E-state index in [1.54, 1.807) is 21.0 Å². The number of hydrogen-bond acceptors (Lipinski definition) is 9. The molecule has 2 unspecified atom stereocenters. The second kappa shape index (κ2) is 11.0. The summed E-state index contributed by atoms with van der Waals surface area (Å²) in [6, 6.07) is 11.2. The third kappa shape index (κ3) is 5.87. The number of methoxy groups -OCH3 is 1. The first kappa shape index (κ1) is 26.6. The van der Waals surface area contributed by atoms with E-state index in [0.29, 0.717) is 36.5 Å². The number of fused-ring (bicyclic) bond motifs is 2. The number of rotatable bonds is 9. The van der Waals surface area contributed by atoms with Gasteiger partial charge in [-0.2, -0.15) is 5.26 Å². The van der Waals surface area contributed by atoms with Crippen LogP contribution < -0.4 is 15.0 Å². The number of nitrogens with zero attached hydrogens (tertiary/aromatic N) is 5. The molecule has 4 aliphatic rings. The van der Waals surface area contributed by atoms with Gasteiger partial charge in [-0.3, -0.25) is 4.90 Å². The fourth-order valence-corrected chi connectivity index (χ4v) is 5.45. The third-order valence-corrected chi connectivity index (χ3v) is 7.66. The van der Waals surface area contributed by atoms with Gasteiger partial charge in [0.2, 0.25) is 5.88 Å². The highest BCUT2D eigenvalue weighted by molar-refractivity contribution is 5.93. The first-order chi connectivity index (χ1) is 18.8. The maximum atomic E-state index is 10.2. The summed E-state index contributed by atoms with van der Waals surface area (Å²) in [6.45, 7) is 6.34. The number of hydrogen-bond donors (Lipinski definition) is 3. The van der Waals surface area contributed by atoms with E-state index in [1.807, 2.05) is 42.9 Å². The van der Waals surface area contributed by atoms with Crippen molar-refractivity contribution >= 4 is 17.6 Å². The maximum absolute atomic E-state index is 10.2. The molecule has 4 aliphatic heterocycles. The van der Waals surface area contributed by atoms with Crippen molar-refractivity contribution in [2.45, 2.75) is 57.3 Å². The van der Waals surface area contributed by atoms with Crippen LogP contribution in [0.3, 0.4) is 0 Å². The average molecular weight is 526 g/mol. The van der Waals surface area contributed by atoms with Crippen LogP contribution in [0.15, 0.2) is 65.8 Å². The van der Waals surface area contributed by atoms with Crippen LogP contribution in [0.25, 0.3) is 5.57 Å². The van der Waals surface area contributed by atoms with Crippen molar-refractivity contribution in [1.29, 1.82) is 10.7 Å². The Hall–Kier alpha value is -4.00. The van der Waals surface area contributed by atoms with Gasteiger partial charge in [0.15, 0.2) is 0 Å². The van der Waals surface area contributed by atoms with Crippen molar-refractivity contribution in [2.24, 2.45) is 0 Å². The zero-order valence-corrected chi connectivity index (χ0v) is 22.7. The number of aliphatic hydroxyl groups is 1. The van der Waals surface area contributed by atoms with Gasteiger partial charge in [0, 0.05) is 73.7 Å². The lowest BCUT2D eigenvalue weighted by atomic mass is 9.87. The Morgan fingerprint density at radius 3 is 2.62 bits per heavy atom. The van der Waals surface area contributed by atoms with Gasteiger partial charge in [0.05, 0.1) is 24.0 Å². The predicted molar refractivity (Wildman–Crippen MR) is 151 cm³/mol. The second-order valence-electron chi connectivity index (χ2n) is 11.0. The molecule has 9 nitrogen and oxygen atoms in total. The molecule has 202 valence electrons. The summed E-state index contributed by atoms with van der Waals surface area (Å²) in [4.78, 5) is 14.0. The quantitative estimate of drug-likeness (QED) is 0.334. The topological polar surface area (TPSA) is 121 Å². The van der Waals surface area contributed by atoms with Gasteiger partial charge in [-0.25, -0.2) is 9.97 Å². The molecule has 0 amide bonds. The SMILES string of the molecule is COc1ccc(CN2C3CC2CN(c2ccc(C4=CC(CCC(C)(C)O)=CN/C4=C(/C#N)C=N)cn2)C3)cn1. The van der Waals surface area contributed by atoms with Crippen LogP contribution in [0, 0.1) is 16.7 Å². The standard InChI is InChI=1S/C30H35N7O2/c1-30(2,38)9-8-20-10-26(29(35-14-20)23(12-31)13-32)22-5-6-27(33-16-22)36-18-24-11-25(19-36)37(24)17-21-4-7-28(39-3)34-15-21/h4-7,10,12,14-16,24-25,31,35,38H,8-9,11,17-19H2,1-3H3/b29-23+,31-12?. The van der Waals surface area contributed by atoms with Gasteiger partial charge in [0.25, 0.3) is 0 Å². The summed E-state index contributed by atoms with van der Waals surface area (Å²) in [7, 11) is 1.63. The largest absolute Gasteiger partial charge is 0.481 e. The van der Waals surface area contributed by atoms with Crippen LogP contribution in [-0.4, -0.2) is 64.1 Å². The number of nitriles is 1. The first-order valence-electron chi connectivity index (χ1n) is 13.3. The van der Waals surface area contributed by atoms with Crippen LogP contribution in [0.1, 0.15) is 44.2 Å². The number of nitrogens with one attached hydrogen (secondary N) is 2. The Morgan fingerprint density at radius 2 is 2.03 bits per heavy atom. The van der Waals surface area contributed by atoms with Gasteiger partial charge in [-0.15, -0.1) is 0 Å². The molecule has 2 bridgehead atoms. The molecule has 2 atom stereocenters. The van der Waals surface area contributed by atoms with E-state index in [4.69, 9.17) is 15.1 Å². The van der Waals surface area contributed by atoms with Gasteiger partial charge < -0.3 is 25.5 Å². The monoisotopic (exact) mass is 525 g/mol. The third-order valence-electron chi connectivity index (χ3n) is 7.66. The molecule has 3 N–H and O–H groups in total. The minimum absolute atomic E-state index is 0.256. The number of allylic oxidation sites excluding steroid dienone is 4. The lowest BCUT2D eigenvalue weighted by Gasteiger charge is -2.56. The normalized spacial score (nSPS) is 22.1.